The third kappa shape index (κ3) is 5.99. The lowest BCUT2D eigenvalue weighted by Crippen LogP contribution is -2.26. The van der Waals surface area contributed by atoms with Crippen LogP contribution in [0.3, 0.4) is 0 Å². The summed E-state index contributed by atoms with van der Waals surface area (Å²) in [6.45, 7) is 1.36. The van der Waals surface area contributed by atoms with Crippen LogP contribution in [0.4, 0.5) is 0 Å². The Labute approximate surface area is 188 Å². The van der Waals surface area contributed by atoms with E-state index in [1.165, 1.54) is 6.08 Å². The van der Waals surface area contributed by atoms with Crippen molar-refractivity contribution in [3.05, 3.63) is 114 Å². The third-order valence-corrected chi connectivity index (χ3v) is 4.96. The Balaban J connectivity index is 1.20. The van der Waals surface area contributed by atoms with Crippen molar-refractivity contribution in [1.29, 1.82) is 0 Å². The highest BCUT2D eigenvalue weighted by molar-refractivity contribution is 5.91. The molecule has 0 bridgehead atoms. The Kier molecular flexibility index (Phi) is 7.17. The van der Waals surface area contributed by atoms with Crippen LogP contribution in [-0.4, -0.2) is 19.1 Å². The van der Waals surface area contributed by atoms with Gasteiger partial charge in [-0.3, -0.25) is 4.79 Å². The third-order valence-electron chi connectivity index (χ3n) is 4.96. The maximum absolute atomic E-state index is 12.1. The maximum atomic E-state index is 12.1. The summed E-state index contributed by atoms with van der Waals surface area (Å²) in [7, 11) is 0. The van der Waals surface area contributed by atoms with Crippen molar-refractivity contribution < 1.29 is 14.3 Å². The van der Waals surface area contributed by atoms with Gasteiger partial charge in [-0.15, -0.1) is 0 Å². The van der Waals surface area contributed by atoms with Crippen LogP contribution in [0.25, 0.3) is 16.8 Å². The second kappa shape index (κ2) is 10.8. The van der Waals surface area contributed by atoms with Gasteiger partial charge in [0.25, 0.3) is 0 Å². The van der Waals surface area contributed by atoms with Gasteiger partial charge in [0.15, 0.2) is 0 Å². The summed E-state index contributed by atoms with van der Waals surface area (Å²) >= 11 is 0. The fourth-order valence-electron chi connectivity index (χ4n) is 3.30. The predicted molar refractivity (Wildman–Crippen MR) is 129 cm³/mol. The molecule has 4 nitrogen and oxygen atoms in total. The van der Waals surface area contributed by atoms with Crippen molar-refractivity contribution in [3.63, 3.8) is 0 Å². The normalized spacial score (nSPS) is 10.9. The van der Waals surface area contributed by atoms with Gasteiger partial charge in [-0.2, -0.15) is 0 Å². The van der Waals surface area contributed by atoms with Crippen LogP contribution >= 0.6 is 0 Å². The molecule has 32 heavy (non-hydrogen) atoms. The molecule has 0 radical (unpaired) electrons. The van der Waals surface area contributed by atoms with Gasteiger partial charge >= 0.3 is 0 Å². The van der Waals surface area contributed by atoms with Gasteiger partial charge in [0.1, 0.15) is 24.7 Å². The van der Waals surface area contributed by atoms with Gasteiger partial charge in [-0.25, -0.2) is 0 Å². The summed E-state index contributed by atoms with van der Waals surface area (Å²) < 4.78 is 11.6. The van der Waals surface area contributed by atoms with Crippen molar-refractivity contribution in [2.45, 2.75) is 6.61 Å². The summed E-state index contributed by atoms with van der Waals surface area (Å²) in [6, 6.07) is 31.7. The molecule has 0 saturated carbocycles. The number of ether oxygens (including phenoxy) is 2. The van der Waals surface area contributed by atoms with Crippen molar-refractivity contribution in [2.24, 2.45) is 0 Å². The van der Waals surface area contributed by atoms with E-state index in [1.54, 1.807) is 6.08 Å². The summed E-state index contributed by atoms with van der Waals surface area (Å²) in [5.74, 6) is 1.46. The number of hydrogen-bond donors (Lipinski definition) is 1. The first-order valence-electron chi connectivity index (χ1n) is 10.6. The van der Waals surface area contributed by atoms with E-state index in [0.717, 1.165) is 33.4 Å². The first kappa shape index (κ1) is 21.2. The molecule has 1 N–H and O–H groups in total. The van der Waals surface area contributed by atoms with Crippen molar-refractivity contribution in [2.75, 3.05) is 13.2 Å². The molecule has 0 atom stereocenters. The number of carbonyl (C=O) groups excluding carboxylic acids is 1. The van der Waals surface area contributed by atoms with E-state index in [0.29, 0.717) is 19.8 Å². The van der Waals surface area contributed by atoms with Crippen molar-refractivity contribution in [3.8, 4) is 11.5 Å². The van der Waals surface area contributed by atoms with Gasteiger partial charge in [0, 0.05) is 11.5 Å². The van der Waals surface area contributed by atoms with E-state index >= 15 is 0 Å². The van der Waals surface area contributed by atoms with Crippen molar-refractivity contribution in [1.82, 2.24) is 5.32 Å². The lowest BCUT2D eigenvalue weighted by molar-refractivity contribution is -0.116. The molecule has 0 unspecified atom stereocenters. The van der Waals surface area contributed by atoms with Crippen LogP contribution in [0.5, 0.6) is 11.5 Å². The quantitative estimate of drug-likeness (QED) is 0.280. The molecule has 4 aromatic rings. The van der Waals surface area contributed by atoms with E-state index in [2.05, 4.69) is 17.4 Å². The minimum Gasteiger partial charge on any atom is -0.491 e. The first-order valence-corrected chi connectivity index (χ1v) is 10.6. The van der Waals surface area contributed by atoms with Crippen LogP contribution in [0.2, 0.25) is 0 Å². The summed E-state index contributed by atoms with van der Waals surface area (Å²) in [4.78, 5) is 12.1. The summed E-state index contributed by atoms with van der Waals surface area (Å²) in [5, 5.41) is 5.05. The number of nitrogens with one attached hydrogen (secondary N) is 1. The van der Waals surface area contributed by atoms with Gasteiger partial charge < -0.3 is 14.8 Å². The molecule has 0 fully saturated rings. The van der Waals surface area contributed by atoms with Crippen molar-refractivity contribution >= 4 is 22.8 Å². The Morgan fingerprint density at radius 1 is 0.781 bits per heavy atom. The highest BCUT2D eigenvalue weighted by Gasteiger charge is 2.02. The number of rotatable bonds is 9. The second-order valence-electron chi connectivity index (χ2n) is 7.29. The Morgan fingerprint density at radius 2 is 1.53 bits per heavy atom. The number of amides is 1. The van der Waals surface area contributed by atoms with E-state index < -0.39 is 0 Å². The highest BCUT2D eigenvalue weighted by atomic mass is 16.5. The molecule has 0 saturated heterocycles. The number of fused-ring (bicyclic) bond motifs is 1. The van der Waals surface area contributed by atoms with Crippen LogP contribution in [0, 0.1) is 0 Å². The molecule has 0 spiro atoms. The van der Waals surface area contributed by atoms with Crippen LogP contribution in [-0.2, 0) is 11.4 Å². The lowest BCUT2D eigenvalue weighted by Gasteiger charge is -2.09. The molecular formula is C28H25NO3. The fourth-order valence-corrected chi connectivity index (χ4v) is 3.30. The molecule has 0 aliphatic rings. The van der Waals surface area contributed by atoms with Gasteiger partial charge in [-0.05, 0) is 40.8 Å². The standard InChI is InChI=1S/C28H25NO3/c30-28(29-19-20-31-27-12-6-10-24-9-4-5-11-26(24)27)18-15-22-13-16-25(17-14-22)32-21-23-7-2-1-3-8-23/h1-18H,19-21H2,(H,29,30)/b18-15+. The monoisotopic (exact) mass is 423 g/mol. The Hall–Kier alpha value is -4.05. The Bertz CT molecular complexity index is 1180. The predicted octanol–water partition coefficient (Wildman–Crippen LogP) is 5.63. The molecule has 4 aromatic carbocycles. The molecule has 0 heterocycles. The van der Waals surface area contributed by atoms with Crippen LogP contribution < -0.4 is 14.8 Å². The largest absolute Gasteiger partial charge is 0.491 e. The summed E-state index contributed by atoms with van der Waals surface area (Å²) in [5.41, 5.74) is 2.05. The molecule has 4 rings (SSSR count). The van der Waals surface area contributed by atoms with E-state index in [1.807, 2.05) is 84.9 Å². The minimum atomic E-state index is -0.157. The molecule has 4 heteroatoms. The average Bonchev–Trinajstić information content (AvgIpc) is 2.85. The highest BCUT2D eigenvalue weighted by Crippen LogP contribution is 2.24. The van der Waals surface area contributed by atoms with E-state index in [4.69, 9.17) is 9.47 Å². The average molecular weight is 424 g/mol. The van der Waals surface area contributed by atoms with Gasteiger partial charge in [0.05, 0.1) is 6.54 Å². The smallest absolute Gasteiger partial charge is 0.244 e. The molecule has 0 aliphatic carbocycles. The Morgan fingerprint density at radius 3 is 2.38 bits per heavy atom. The van der Waals surface area contributed by atoms with Crippen LogP contribution in [0.1, 0.15) is 11.1 Å². The topological polar surface area (TPSA) is 47.6 Å². The lowest BCUT2D eigenvalue weighted by atomic mass is 10.1. The maximum Gasteiger partial charge on any atom is 0.244 e. The minimum absolute atomic E-state index is 0.157. The molecule has 0 aromatic heterocycles. The molecule has 160 valence electrons. The zero-order valence-corrected chi connectivity index (χ0v) is 17.7. The first-order chi connectivity index (χ1) is 15.8. The zero-order valence-electron chi connectivity index (χ0n) is 17.7. The van der Waals surface area contributed by atoms with Crippen LogP contribution in [0.15, 0.2) is 103 Å². The molecule has 1 amide bonds. The SMILES string of the molecule is O=C(/C=C/c1ccc(OCc2ccccc2)cc1)NCCOc1cccc2ccccc12. The molecule has 0 aliphatic heterocycles. The second-order valence-corrected chi connectivity index (χ2v) is 7.29. The number of benzene rings is 4. The zero-order chi connectivity index (χ0) is 22.0. The number of hydrogen-bond acceptors (Lipinski definition) is 3. The fraction of sp³-hybridized carbons (Fsp3) is 0.107. The summed E-state index contributed by atoms with van der Waals surface area (Å²) in [6.07, 6.45) is 3.31. The van der Waals surface area contributed by atoms with Gasteiger partial charge in [0.2, 0.25) is 5.91 Å². The molecular weight excluding hydrogens is 398 g/mol. The number of carbonyl (C=O) groups is 1. The van der Waals surface area contributed by atoms with Gasteiger partial charge in [-0.1, -0.05) is 78.9 Å². The van der Waals surface area contributed by atoms with E-state index in [9.17, 15) is 4.79 Å². The van der Waals surface area contributed by atoms with E-state index in [-0.39, 0.29) is 5.91 Å².